The van der Waals surface area contributed by atoms with Crippen molar-refractivity contribution in [1.29, 1.82) is 0 Å². The number of aryl methyl sites for hydroxylation is 1. The molecule has 0 aliphatic heterocycles. The van der Waals surface area contributed by atoms with Crippen LogP contribution in [0.5, 0.6) is 5.75 Å². The number of benzene rings is 2. The number of rotatable bonds is 7. The zero-order valence-corrected chi connectivity index (χ0v) is 20.6. The molecule has 0 aliphatic carbocycles. The van der Waals surface area contributed by atoms with Crippen molar-refractivity contribution >= 4 is 28.9 Å². The number of anilines is 2. The monoisotopic (exact) mass is 530 g/mol. The first-order chi connectivity index (χ1) is 17.4. The number of ether oxygens (including phenoxy) is 1. The molecule has 0 amide bonds. The number of thiazole rings is 1. The highest BCUT2D eigenvalue weighted by Gasteiger charge is 2.33. The minimum Gasteiger partial charge on any atom is -0.496 e. The van der Waals surface area contributed by atoms with Crippen molar-refractivity contribution in [2.45, 2.75) is 25.6 Å². The highest BCUT2D eigenvalue weighted by Crippen LogP contribution is 2.38. The molecule has 0 saturated carbocycles. The van der Waals surface area contributed by atoms with Crippen LogP contribution in [0, 0.1) is 6.92 Å². The molecule has 0 aliphatic rings. The number of carboxylic acids is 1. The average molecular weight is 531 g/mol. The van der Waals surface area contributed by atoms with Gasteiger partial charge in [0.15, 0.2) is 0 Å². The predicted octanol–water partition coefficient (Wildman–Crippen LogP) is 5.63. The number of carboxylic acid groups (broad SMARTS) is 1. The van der Waals surface area contributed by atoms with Gasteiger partial charge in [0, 0.05) is 18.1 Å². The smallest absolute Gasteiger partial charge is 0.433 e. The van der Waals surface area contributed by atoms with E-state index in [9.17, 15) is 28.2 Å². The summed E-state index contributed by atoms with van der Waals surface area (Å²) in [5, 5.41) is 23.8. The number of aromatic nitrogens is 3. The summed E-state index contributed by atoms with van der Waals surface area (Å²) in [5.74, 6) is -1.25. The molecule has 4 aromatic rings. The molecule has 0 radical (unpaired) electrons. The van der Waals surface area contributed by atoms with Crippen molar-refractivity contribution in [1.82, 2.24) is 15.0 Å². The van der Waals surface area contributed by atoms with E-state index in [0.29, 0.717) is 26.7 Å². The maximum absolute atomic E-state index is 13.0. The number of hydrogen-bond acceptors (Lipinski definition) is 8. The number of hydrogen-bond donors (Lipinski definition) is 3. The lowest BCUT2D eigenvalue weighted by Gasteiger charge is -2.22. The summed E-state index contributed by atoms with van der Waals surface area (Å²) in [6.07, 6.45) is -1.98. The van der Waals surface area contributed by atoms with Gasteiger partial charge < -0.3 is 20.3 Å². The lowest BCUT2D eigenvalue weighted by Crippen LogP contribution is -2.22. The van der Waals surface area contributed by atoms with Gasteiger partial charge in [0.25, 0.3) is 0 Å². The van der Waals surface area contributed by atoms with E-state index in [0.717, 1.165) is 17.8 Å². The molecule has 0 saturated heterocycles. The number of nitrogens with one attached hydrogen (secondary N) is 1. The molecule has 0 unspecified atom stereocenters. The Labute approximate surface area is 213 Å². The number of alkyl halides is 3. The number of halogens is 3. The van der Waals surface area contributed by atoms with Gasteiger partial charge in [-0.15, -0.1) is 11.3 Å². The summed E-state index contributed by atoms with van der Waals surface area (Å²) < 4.78 is 44.2. The topological polar surface area (TPSA) is 117 Å². The molecule has 0 fully saturated rings. The number of nitrogens with zero attached hydrogens (tertiary/aromatic N) is 3. The highest BCUT2D eigenvalue weighted by atomic mass is 32.1. The van der Waals surface area contributed by atoms with Crippen LogP contribution >= 0.6 is 11.3 Å². The SMILES string of the molecule is COc1cc([C@](C)(O)c2ncc(-c3cc(C)cc(Nc4nccc(C(F)(F)F)n4)c3)s2)ccc1C(=O)O. The molecule has 2 heterocycles. The van der Waals surface area contributed by atoms with E-state index in [1.54, 1.807) is 25.3 Å². The first kappa shape index (κ1) is 26.0. The van der Waals surface area contributed by atoms with Crippen LogP contribution < -0.4 is 10.1 Å². The maximum Gasteiger partial charge on any atom is 0.433 e. The Morgan fingerprint density at radius 2 is 1.86 bits per heavy atom. The fraction of sp³-hybridized carbons (Fsp3) is 0.200. The number of aromatic carboxylic acids is 1. The van der Waals surface area contributed by atoms with Gasteiger partial charge in [0.05, 0.1) is 12.0 Å². The second kappa shape index (κ2) is 9.79. The number of carbonyl (C=O) groups is 1. The van der Waals surface area contributed by atoms with Crippen LogP contribution in [0.15, 0.2) is 54.9 Å². The molecule has 37 heavy (non-hydrogen) atoms. The van der Waals surface area contributed by atoms with Crippen LogP contribution in [0.1, 0.15) is 39.1 Å². The van der Waals surface area contributed by atoms with Crippen LogP contribution in [-0.2, 0) is 11.8 Å². The Morgan fingerprint density at radius 3 is 2.54 bits per heavy atom. The molecule has 2 aromatic heterocycles. The fourth-order valence-corrected chi connectivity index (χ4v) is 4.60. The third-order valence-corrected chi connectivity index (χ3v) is 6.74. The second-order valence-corrected chi connectivity index (χ2v) is 9.33. The summed E-state index contributed by atoms with van der Waals surface area (Å²) in [4.78, 5) is 23.9. The first-order valence-electron chi connectivity index (χ1n) is 10.8. The summed E-state index contributed by atoms with van der Waals surface area (Å²) in [6, 6.07) is 10.4. The zero-order valence-electron chi connectivity index (χ0n) is 19.8. The van der Waals surface area contributed by atoms with Crippen LogP contribution in [0.4, 0.5) is 24.8 Å². The summed E-state index contributed by atoms with van der Waals surface area (Å²) >= 11 is 1.22. The molecular weight excluding hydrogens is 509 g/mol. The molecule has 4 rings (SSSR count). The van der Waals surface area contributed by atoms with Gasteiger partial charge in [-0.25, -0.2) is 19.7 Å². The van der Waals surface area contributed by atoms with E-state index < -0.39 is 23.4 Å². The Kier molecular flexibility index (Phi) is 6.89. The van der Waals surface area contributed by atoms with Gasteiger partial charge in [0.1, 0.15) is 27.6 Å². The first-order valence-corrected chi connectivity index (χ1v) is 11.6. The van der Waals surface area contributed by atoms with Crippen molar-refractivity contribution in [3.05, 3.63) is 82.3 Å². The fourth-order valence-electron chi connectivity index (χ4n) is 3.63. The van der Waals surface area contributed by atoms with Crippen molar-refractivity contribution in [3.63, 3.8) is 0 Å². The van der Waals surface area contributed by atoms with E-state index in [1.165, 1.54) is 36.6 Å². The van der Waals surface area contributed by atoms with E-state index in [-0.39, 0.29) is 17.3 Å². The van der Waals surface area contributed by atoms with Crippen LogP contribution in [0.3, 0.4) is 0 Å². The molecule has 0 bridgehead atoms. The Bertz CT molecular complexity index is 1470. The van der Waals surface area contributed by atoms with Crippen LogP contribution in [-0.4, -0.2) is 38.2 Å². The van der Waals surface area contributed by atoms with Crippen LogP contribution in [0.25, 0.3) is 10.4 Å². The molecular formula is C25H21F3N4O4S. The molecule has 12 heteroatoms. The van der Waals surface area contributed by atoms with E-state index in [2.05, 4.69) is 20.3 Å². The lowest BCUT2D eigenvalue weighted by atomic mass is 9.95. The normalized spacial score (nSPS) is 13.2. The Hall–Kier alpha value is -4.03. The van der Waals surface area contributed by atoms with Gasteiger partial charge in [0.2, 0.25) is 5.95 Å². The van der Waals surface area contributed by atoms with Gasteiger partial charge in [-0.1, -0.05) is 12.1 Å². The molecule has 0 spiro atoms. The predicted molar refractivity (Wildman–Crippen MR) is 131 cm³/mol. The van der Waals surface area contributed by atoms with Crippen molar-refractivity contribution in [2.75, 3.05) is 12.4 Å². The van der Waals surface area contributed by atoms with Gasteiger partial charge in [-0.05, 0) is 60.9 Å². The zero-order chi connectivity index (χ0) is 27.0. The summed E-state index contributed by atoms with van der Waals surface area (Å²) in [7, 11) is 1.34. The van der Waals surface area contributed by atoms with Crippen molar-refractivity contribution < 1.29 is 32.9 Å². The quantitative estimate of drug-likeness (QED) is 0.281. The number of aliphatic hydroxyl groups is 1. The lowest BCUT2D eigenvalue weighted by molar-refractivity contribution is -0.141. The molecule has 192 valence electrons. The highest BCUT2D eigenvalue weighted by molar-refractivity contribution is 7.15. The molecule has 2 aromatic carbocycles. The standard InChI is InChI=1S/C25H21F3N4O4S/c1-13-8-14(10-16(9-13)31-23-29-7-6-20(32-23)25(26,27)28)19-12-30-22(37-19)24(2,35)15-4-5-17(21(33)34)18(11-15)36-3/h4-12,35H,1-3H3,(H,33,34)(H,29,31,32)/t24-/m0/s1. The van der Waals surface area contributed by atoms with E-state index in [1.807, 2.05) is 13.0 Å². The molecule has 8 nitrogen and oxygen atoms in total. The van der Waals surface area contributed by atoms with E-state index in [4.69, 9.17) is 4.74 Å². The van der Waals surface area contributed by atoms with E-state index >= 15 is 0 Å². The summed E-state index contributed by atoms with van der Waals surface area (Å²) in [5.41, 5.74) is -0.236. The Morgan fingerprint density at radius 1 is 1.11 bits per heavy atom. The third kappa shape index (κ3) is 5.54. The minimum atomic E-state index is -4.59. The Balaban J connectivity index is 1.64. The van der Waals surface area contributed by atoms with Gasteiger partial charge in [-0.3, -0.25) is 0 Å². The number of methoxy groups -OCH3 is 1. The maximum atomic E-state index is 13.0. The average Bonchev–Trinajstić information content (AvgIpc) is 3.34. The van der Waals surface area contributed by atoms with Crippen LogP contribution in [0.2, 0.25) is 0 Å². The molecule has 3 N–H and O–H groups in total. The molecule has 1 atom stereocenters. The second-order valence-electron chi connectivity index (χ2n) is 8.30. The van der Waals surface area contributed by atoms with Gasteiger partial charge in [-0.2, -0.15) is 13.2 Å². The third-order valence-electron chi connectivity index (χ3n) is 5.48. The minimum absolute atomic E-state index is 0.0357. The van der Waals surface area contributed by atoms with Gasteiger partial charge >= 0.3 is 12.1 Å². The van der Waals surface area contributed by atoms with Crippen molar-refractivity contribution in [2.24, 2.45) is 0 Å². The van der Waals surface area contributed by atoms with Crippen molar-refractivity contribution in [3.8, 4) is 16.2 Å². The largest absolute Gasteiger partial charge is 0.496 e. The summed E-state index contributed by atoms with van der Waals surface area (Å²) in [6.45, 7) is 3.37.